The third-order valence-corrected chi connectivity index (χ3v) is 4.54. The van der Waals surface area contributed by atoms with E-state index in [0.29, 0.717) is 35.4 Å². The lowest BCUT2D eigenvalue weighted by Crippen LogP contribution is -2.22. The van der Waals surface area contributed by atoms with Gasteiger partial charge in [0, 0.05) is 12.5 Å². The molecule has 0 bridgehead atoms. The Kier molecular flexibility index (Phi) is 2.91. The van der Waals surface area contributed by atoms with Gasteiger partial charge in [0.05, 0.1) is 11.0 Å². The molecule has 7 heteroatoms. The number of imidazole rings is 1. The SMILES string of the molecule is C=CCn1c(=O)c2c(-c3noc(C4CC4)n3)ncn2c2ccccc21. The molecule has 1 saturated carbocycles. The topological polar surface area (TPSA) is 78.2 Å². The maximum absolute atomic E-state index is 13.1. The normalized spacial score (nSPS) is 14.4. The highest BCUT2D eigenvalue weighted by Crippen LogP contribution is 2.39. The Morgan fingerprint density at radius 2 is 2.08 bits per heavy atom. The Labute approximate surface area is 142 Å². The minimum atomic E-state index is -0.149. The summed E-state index contributed by atoms with van der Waals surface area (Å²) in [4.78, 5) is 22.0. The van der Waals surface area contributed by atoms with Crippen LogP contribution in [0.25, 0.3) is 28.1 Å². The lowest BCUT2D eigenvalue weighted by Gasteiger charge is -2.10. The largest absolute Gasteiger partial charge is 0.339 e. The molecule has 1 aliphatic rings. The first-order valence-electron chi connectivity index (χ1n) is 8.21. The van der Waals surface area contributed by atoms with E-state index in [1.54, 1.807) is 21.4 Å². The van der Waals surface area contributed by atoms with E-state index < -0.39 is 0 Å². The van der Waals surface area contributed by atoms with Gasteiger partial charge < -0.3 is 9.09 Å². The molecule has 7 nitrogen and oxygen atoms in total. The lowest BCUT2D eigenvalue weighted by atomic mass is 10.2. The number of para-hydroxylation sites is 2. The van der Waals surface area contributed by atoms with Crippen molar-refractivity contribution in [1.82, 2.24) is 24.1 Å². The highest BCUT2D eigenvalue weighted by Gasteiger charge is 2.30. The third-order valence-electron chi connectivity index (χ3n) is 4.54. The van der Waals surface area contributed by atoms with Crippen LogP contribution in [0.5, 0.6) is 0 Å². The second-order valence-electron chi connectivity index (χ2n) is 6.24. The van der Waals surface area contributed by atoms with Crippen molar-refractivity contribution in [3.63, 3.8) is 0 Å². The summed E-state index contributed by atoms with van der Waals surface area (Å²) in [7, 11) is 0. The van der Waals surface area contributed by atoms with Gasteiger partial charge in [0.1, 0.15) is 17.5 Å². The van der Waals surface area contributed by atoms with Crippen molar-refractivity contribution in [3.8, 4) is 11.5 Å². The Balaban J connectivity index is 1.83. The molecule has 3 aromatic heterocycles. The van der Waals surface area contributed by atoms with Crippen LogP contribution in [0.3, 0.4) is 0 Å². The molecule has 1 fully saturated rings. The third kappa shape index (κ3) is 2.05. The summed E-state index contributed by atoms with van der Waals surface area (Å²) in [5, 5.41) is 4.04. The Bertz CT molecular complexity index is 1180. The van der Waals surface area contributed by atoms with Crippen LogP contribution in [0.4, 0.5) is 0 Å². The number of rotatable bonds is 4. The fourth-order valence-corrected chi connectivity index (χ4v) is 3.17. The minimum Gasteiger partial charge on any atom is -0.339 e. The van der Waals surface area contributed by atoms with Crippen LogP contribution in [-0.4, -0.2) is 24.1 Å². The van der Waals surface area contributed by atoms with E-state index in [-0.39, 0.29) is 5.56 Å². The van der Waals surface area contributed by atoms with Crippen molar-refractivity contribution in [1.29, 1.82) is 0 Å². The highest BCUT2D eigenvalue weighted by molar-refractivity contribution is 5.83. The second-order valence-corrected chi connectivity index (χ2v) is 6.24. The molecule has 0 atom stereocenters. The Morgan fingerprint density at radius 3 is 2.84 bits per heavy atom. The molecule has 0 spiro atoms. The first-order chi connectivity index (χ1) is 12.3. The van der Waals surface area contributed by atoms with Crippen molar-refractivity contribution in [2.75, 3.05) is 0 Å². The summed E-state index contributed by atoms with van der Waals surface area (Å²) >= 11 is 0. The van der Waals surface area contributed by atoms with Crippen LogP contribution >= 0.6 is 0 Å². The van der Waals surface area contributed by atoms with Gasteiger partial charge in [-0.15, -0.1) is 6.58 Å². The van der Waals surface area contributed by atoms with Gasteiger partial charge in [-0.1, -0.05) is 23.4 Å². The van der Waals surface area contributed by atoms with Gasteiger partial charge in [-0.05, 0) is 25.0 Å². The maximum atomic E-state index is 13.1. The van der Waals surface area contributed by atoms with Gasteiger partial charge in [-0.3, -0.25) is 9.20 Å². The molecule has 4 aromatic rings. The molecule has 5 rings (SSSR count). The molecular formula is C18H15N5O2. The second kappa shape index (κ2) is 5.14. The Hall–Kier alpha value is -3.22. The molecule has 0 unspecified atom stereocenters. The van der Waals surface area contributed by atoms with E-state index in [1.807, 2.05) is 24.3 Å². The van der Waals surface area contributed by atoms with Crippen LogP contribution in [0.15, 0.2) is 52.6 Å². The molecule has 0 amide bonds. The van der Waals surface area contributed by atoms with Gasteiger partial charge in [0.15, 0.2) is 0 Å². The molecule has 25 heavy (non-hydrogen) atoms. The standard InChI is InChI=1S/C18H15N5O2/c1-2-9-22-12-5-3-4-6-13(12)23-10-19-14(15(23)18(22)24)16-20-17(25-21-16)11-7-8-11/h2-6,10-11H,1,7-9H2. The Morgan fingerprint density at radius 1 is 1.28 bits per heavy atom. The fourth-order valence-electron chi connectivity index (χ4n) is 3.17. The average Bonchev–Trinajstić information content (AvgIpc) is 3.20. The van der Waals surface area contributed by atoms with Crippen molar-refractivity contribution in [2.45, 2.75) is 25.3 Å². The predicted molar refractivity (Wildman–Crippen MR) is 92.4 cm³/mol. The number of nitrogens with zero attached hydrogens (tertiary/aromatic N) is 5. The van der Waals surface area contributed by atoms with Gasteiger partial charge in [0.2, 0.25) is 11.7 Å². The van der Waals surface area contributed by atoms with Gasteiger partial charge in [-0.25, -0.2) is 4.98 Å². The van der Waals surface area contributed by atoms with E-state index in [4.69, 9.17) is 4.52 Å². The number of fused-ring (bicyclic) bond motifs is 3. The summed E-state index contributed by atoms with van der Waals surface area (Å²) in [5.74, 6) is 1.35. The van der Waals surface area contributed by atoms with Gasteiger partial charge in [0.25, 0.3) is 5.56 Å². The molecule has 0 N–H and O–H groups in total. The van der Waals surface area contributed by atoms with E-state index in [9.17, 15) is 4.79 Å². The molecule has 0 radical (unpaired) electrons. The molecule has 3 heterocycles. The monoisotopic (exact) mass is 333 g/mol. The molecular weight excluding hydrogens is 318 g/mol. The van der Waals surface area contributed by atoms with Crippen LogP contribution in [0.2, 0.25) is 0 Å². The van der Waals surface area contributed by atoms with E-state index in [0.717, 1.165) is 23.9 Å². The van der Waals surface area contributed by atoms with Crippen molar-refractivity contribution in [3.05, 3.63) is 59.5 Å². The fraction of sp³-hybridized carbons (Fsp3) is 0.222. The quantitative estimate of drug-likeness (QED) is 0.537. The maximum Gasteiger partial charge on any atom is 0.278 e. The van der Waals surface area contributed by atoms with E-state index >= 15 is 0 Å². The molecule has 0 aliphatic heterocycles. The van der Waals surface area contributed by atoms with Gasteiger partial charge in [-0.2, -0.15) is 4.98 Å². The molecule has 124 valence electrons. The van der Waals surface area contributed by atoms with Crippen molar-refractivity contribution in [2.24, 2.45) is 0 Å². The number of benzene rings is 1. The zero-order chi connectivity index (χ0) is 17.0. The number of allylic oxidation sites excluding steroid dienone is 1. The number of hydrogen-bond acceptors (Lipinski definition) is 5. The number of aromatic nitrogens is 5. The first kappa shape index (κ1) is 14.2. The van der Waals surface area contributed by atoms with Crippen molar-refractivity contribution < 1.29 is 4.52 Å². The molecule has 1 aliphatic carbocycles. The summed E-state index contributed by atoms with van der Waals surface area (Å²) in [6, 6.07) is 7.72. The zero-order valence-electron chi connectivity index (χ0n) is 13.4. The average molecular weight is 333 g/mol. The smallest absolute Gasteiger partial charge is 0.278 e. The first-order valence-corrected chi connectivity index (χ1v) is 8.21. The minimum absolute atomic E-state index is 0.149. The molecule has 0 saturated heterocycles. The van der Waals surface area contributed by atoms with Crippen molar-refractivity contribution >= 4 is 16.6 Å². The summed E-state index contributed by atoms with van der Waals surface area (Å²) in [5.41, 5.74) is 2.47. The zero-order valence-corrected chi connectivity index (χ0v) is 13.4. The van der Waals surface area contributed by atoms with Crippen LogP contribution in [-0.2, 0) is 6.54 Å². The van der Waals surface area contributed by atoms with Crippen LogP contribution in [0, 0.1) is 0 Å². The predicted octanol–water partition coefficient (Wildman–Crippen LogP) is 2.76. The van der Waals surface area contributed by atoms with Gasteiger partial charge >= 0.3 is 0 Å². The lowest BCUT2D eigenvalue weighted by molar-refractivity contribution is 0.380. The summed E-state index contributed by atoms with van der Waals surface area (Å²) < 4.78 is 8.81. The molecule has 1 aromatic carbocycles. The van der Waals surface area contributed by atoms with Crippen LogP contribution in [0.1, 0.15) is 24.7 Å². The van der Waals surface area contributed by atoms with E-state index in [2.05, 4.69) is 21.7 Å². The number of hydrogen-bond donors (Lipinski definition) is 0. The summed E-state index contributed by atoms with van der Waals surface area (Å²) in [6.07, 6.45) is 5.49. The highest BCUT2D eigenvalue weighted by atomic mass is 16.5. The van der Waals surface area contributed by atoms with Crippen LogP contribution < -0.4 is 5.56 Å². The van der Waals surface area contributed by atoms with E-state index in [1.165, 1.54) is 0 Å². The summed E-state index contributed by atoms with van der Waals surface area (Å²) in [6.45, 7) is 4.18.